The van der Waals surface area contributed by atoms with E-state index in [9.17, 15) is 5.11 Å². The molecule has 0 bridgehead atoms. The Morgan fingerprint density at radius 2 is 1.71 bits per heavy atom. The number of anilines is 1. The van der Waals surface area contributed by atoms with Gasteiger partial charge >= 0.3 is 0 Å². The van der Waals surface area contributed by atoms with E-state index in [1.807, 2.05) is 42.5 Å². The van der Waals surface area contributed by atoms with Gasteiger partial charge in [0.15, 0.2) is 0 Å². The second-order valence-electron chi connectivity index (χ2n) is 5.00. The van der Waals surface area contributed by atoms with Crippen LogP contribution in [0.25, 0.3) is 10.8 Å². The molecule has 1 unspecified atom stereocenters. The molecule has 3 heteroatoms. The van der Waals surface area contributed by atoms with Crippen LogP contribution >= 0.6 is 11.6 Å². The number of hydrogen-bond acceptors (Lipinski definition) is 2. The van der Waals surface area contributed by atoms with Gasteiger partial charge in [0.2, 0.25) is 0 Å². The summed E-state index contributed by atoms with van der Waals surface area (Å²) >= 11 is 5.99. The minimum absolute atomic E-state index is 0.0187. The predicted octanol–water partition coefficient (Wildman–Crippen LogP) is 4.64. The van der Waals surface area contributed by atoms with Gasteiger partial charge < -0.3 is 10.4 Å². The fourth-order valence-electron chi connectivity index (χ4n) is 2.44. The Balaban J connectivity index is 1.90. The molecule has 0 fully saturated rings. The van der Waals surface area contributed by atoms with E-state index in [1.165, 1.54) is 10.8 Å². The first-order valence-corrected chi connectivity index (χ1v) is 7.26. The first kappa shape index (κ1) is 13.9. The average molecular weight is 298 g/mol. The molecule has 0 spiro atoms. The lowest BCUT2D eigenvalue weighted by molar-refractivity contribution is 0.276. The summed E-state index contributed by atoms with van der Waals surface area (Å²) in [6, 6.07) is 21.8. The van der Waals surface area contributed by atoms with Crippen molar-refractivity contribution in [1.82, 2.24) is 0 Å². The summed E-state index contributed by atoms with van der Waals surface area (Å²) in [4.78, 5) is 0. The molecule has 0 amide bonds. The lowest BCUT2D eigenvalue weighted by Gasteiger charge is -2.19. The van der Waals surface area contributed by atoms with Crippen LogP contribution in [0, 0.1) is 0 Å². The van der Waals surface area contributed by atoms with Gasteiger partial charge in [-0.15, -0.1) is 0 Å². The van der Waals surface area contributed by atoms with Crippen LogP contribution in [-0.4, -0.2) is 11.7 Å². The first-order valence-electron chi connectivity index (χ1n) is 6.88. The Hall–Kier alpha value is -2.03. The van der Waals surface area contributed by atoms with Crippen molar-refractivity contribution in [3.05, 3.63) is 77.3 Å². The zero-order valence-electron chi connectivity index (χ0n) is 11.5. The van der Waals surface area contributed by atoms with Crippen molar-refractivity contribution in [3.8, 4) is 0 Å². The van der Waals surface area contributed by atoms with Crippen molar-refractivity contribution < 1.29 is 5.11 Å². The summed E-state index contributed by atoms with van der Waals surface area (Å²) in [7, 11) is 0. The topological polar surface area (TPSA) is 32.3 Å². The SMILES string of the molecule is OCC(Nc1cccc(Cl)c1)c1ccc2ccccc2c1. The van der Waals surface area contributed by atoms with Crippen LogP contribution in [0.1, 0.15) is 11.6 Å². The summed E-state index contributed by atoms with van der Waals surface area (Å²) in [5.41, 5.74) is 1.95. The number of rotatable bonds is 4. The maximum Gasteiger partial charge on any atom is 0.0745 e. The minimum Gasteiger partial charge on any atom is -0.394 e. The van der Waals surface area contributed by atoms with E-state index in [0.717, 1.165) is 11.3 Å². The van der Waals surface area contributed by atoms with Crippen molar-refractivity contribution >= 4 is 28.1 Å². The maximum absolute atomic E-state index is 9.69. The lowest BCUT2D eigenvalue weighted by atomic mass is 10.0. The fourth-order valence-corrected chi connectivity index (χ4v) is 2.63. The molecule has 0 radical (unpaired) electrons. The number of hydrogen-bond donors (Lipinski definition) is 2. The molecule has 0 aliphatic heterocycles. The highest BCUT2D eigenvalue weighted by Crippen LogP contribution is 2.24. The van der Waals surface area contributed by atoms with E-state index < -0.39 is 0 Å². The Morgan fingerprint density at radius 3 is 2.48 bits per heavy atom. The molecule has 0 heterocycles. The van der Waals surface area contributed by atoms with Crippen LogP contribution in [0.5, 0.6) is 0 Å². The van der Waals surface area contributed by atoms with Crippen molar-refractivity contribution in [2.45, 2.75) is 6.04 Å². The van der Waals surface area contributed by atoms with Crippen LogP contribution in [0.3, 0.4) is 0 Å². The van der Waals surface area contributed by atoms with Crippen molar-refractivity contribution in [3.63, 3.8) is 0 Å². The molecule has 0 aliphatic carbocycles. The highest BCUT2D eigenvalue weighted by Gasteiger charge is 2.11. The number of halogens is 1. The second kappa shape index (κ2) is 6.17. The monoisotopic (exact) mass is 297 g/mol. The summed E-state index contributed by atoms with van der Waals surface area (Å²) < 4.78 is 0. The van der Waals surface area contributed by atoms with Gasteiger partial charge in [0, 0.05) is 10.7 Å². The number of aliphatic hydroxyl groups is 1. The molecule has 2 nitrogen and oxygen atoms in total. The Bertz CT molecular complexity index is 757. The molecule has 0 aromatic heterocycles. The molecule has 1 atom stereocenters. The smallest absolute Gasteiger partial charge is 0.0745 e. The normalized spacial score (nSPS) is 12.3. The third-order valence-electron chi connectivity index (χ3n) is 3.52. The van der Waals surface area contributed by atoms with E-state index in [-0.39, 0.29) is 12.6 Å². The van der Waals surface area contributed by atoms with E-state index in [0.29, 0.717) is 5.02 Å². The first-order chi connectivity index (χ1) is 10.3. The molecule has 2 N–H and O–H groups in total. The summed E-state index contributed by atoms with van der Waals surface area (Å²) in [5, 5.41) is 16.0. The van der Waals surface area contributed by atoms with Crippen molar-refractivity contribution in [1.29, 1.82) is 0 Å². The zero-order valence-corrected chi connectivity index (χ0v) is 12.2. The highest BCUT2D eigenvalue weighted by molar-refractivity contribution is 6.30. The van der Waals surface area contributed by atoms with Crippen LogP contribution < -0.4 is 5.32 Å². The van der Waals surface area contributed by atoms with Gasteiger partial charge in [-0.3, -0.25) is 0 Å². The largest absolute Gasteiger partial charge is 0.394 e. The molecule has 3 aromatic carbocycles. The van der Waals surface area contributed by atoms with E-state index >= 15 is 0 Å². The van der Waals surface area contributed by atoms with Gasteiger partial charge in [0.05, 0.1) is 12.6 Å². The second-order valence-corrected chi connectivity index (χ2v) is 5.43. The zero-order chi connectivity index (χ0) is 14.7. The molecule has 106 valence electrons. The number of nitrogens with one attached hydrogen (secondary N) is 1. The Kier molecular flexibility index (Phi) is 4.09. The molecule has 0 saturated carbocycles. The quantitative estimate of drug-likeness (QED) is 0.735. The molecule has 0 saturated heterocycles. The third-order valence-corrected chi connectivity index (χ3v) is 3.76. The number of fused-ring (bicyclic) bond motifs is 1. The molecule has 21 heavy (non-hydrogen) atoms. The van der Waals surface area contributed by atoms with Crippen LogP contribution in [-0.2, 0) is 0 Å². The van der Waals surface area contributed by atoms with Crippen molar-refractivity contribution in [2.24, 2.45) is 0 Å². The van der Waals surface area contributed by atoms with Crippen LogP contribution in [0.4, 0.5) is 5.69 Å². The summed E-state index contributed by atoms with van der Waals surface area (Å²) in [6.45, 7) is 0.0187. The number of benzene rings is 3. The van der Waals surface area contributed by atoms with E-state index in [4.69, 9.17) is 11.6 Å². The maximum atomic E-state index is 9.69. The summed E-state index contributed by atoms with van der Waals surface area (Å²) in [5.74, 6) is 0. The molecule has 0 aliphatic rings. The van der Waals surface area contributed by atoms with Gasteiger partial charge in [-0.05, 0) is 40.6 Å². The summed E-state index contributed by atoms with van der Waals surface area (Å²) in [6.07, 6.45) is 0. The standard InChI is InChI=1S/C18H16ClNO/c19-16-6-3-7-17(11-16)20-18(12-21)15-9-8-13-4-1-2-5-14(13)10-15/h1-11,18,20-21H,12H2. The fraction of sp³-hybridized carbons (Fsp3) is 0.111. The van der Waals surface area contributed by atoms with Gasteiger partial charge in [-0.1, -0.05) is 54.1 Å². The highest BCUT2D eigenvalue weighted by atomic mass is 35.5. The Labute approximate surface area is 129 Å². The van der Waals surface area contributed by atoms with Gasteiger partial charge in [-0.2, -0.15) is 0 Å². The molecule has 3 aromatic rings. The molecule has 3 rings (SSSR count). The van der Waals surface area contributed by atoms with E-state index in [1.54, 1.807) is 0 Å². The van der Waals surface area contributed by atoms with E-state index in [2.05, 4.69) is 29.6 Å². The minimum atomic E-state index is -0.159. The average Bonchev–Trinajstić information content (AvgIpc) is 2.52. The predicted molar refractivity (Wildman–Crippen MR) is 88.8 cm³/mol. The number of aliphatic hydroxyl groups excluding tert-OH is 1. The van der Waals surface area contributed by atoms with Crippen LogP contribution in [0.15, 0.2) is 66.7 Å². The third kappa shape index (κ3) is 3.18. The Morgan fingerprint density at radius 1 is 0.905 bits per heavy atom. The van der Waals surface area contributed by atoms with Crippen LogP contribution in [0.2, 0.25) is 5.02 Å². The molecular formula is C18H16ClNO. The van der Waals surface area contributed by atoms with Gasteiger partial charge in [-0.25, -0.2) is 0 Å². The lowest BCUT2D eigenvalue weighted by Crippen LogP contribution is -2.14. The molecular weight excluding hydrogens is 282 g/mol. The van der Waals surface area contributed by atoms with Crippen molar-refractivity contribution in [2.75, 3.05) is 11.9 Å². The van der Waals surface area contributed by atoms with Gasteiger partial charge in [0.1, 0.15) is 0 Å². The van der Waals surface area contributed by atoms with Gasteiger partial charge in [0.25, 0.3) is 0 Å².